The third-order valence-corrected chi connectivity index (χ3v) is 5.62. The van der Waals surface area contributed by atoms with Gasteiger partial charge < -0.3 is 4.90 Å². The quantitative estimate of drug-likeness (QED) is 0.846. The summed E-state index contributed by atoms with van der Waals surface area (Å²) in [5.74, 6) is 0.963. The van der Waals surface area contributed by atoms with Gasteiger partial charge in [-0.05, 0) is 50.2 Å². The van der Waals surface area contributed by atoms with Crippen LogP contribution in [0.25, 0.3) is 0 Å². The zero-order valence-electron chi connectivity index (χ0n) is 13.6. The first kappa shape index (κ1) is 16.1. The van der Waals surface area contributed by atoms with Crippen LogP contribution in [-0.4, -0.2) is 33.9 Å². The second-order valence-corrected chi connectivity index (χ2v) is 7.19. The standard InChI is InChI=1S/C18H23N3OS/c1-14-17(23-13-20-14)4-5-18(22)21-9-6-15(7-10-21)11-16-3-2-8-19-12-16/h2-3,8,12-13,15H,4-7,9-11H2,1H3. The molecule has 0 bridgehead atoms. The van der Waals surface area contributed by atoms with Gasteiger partial charge in [0, 0.05) is 36.8 Å². The van der Waals surface area contributed by atoms with Crippen LogP contribution in [0.2, 0.25) is 0 Å². The van der Waals surface area contributed by atoms with Crippen molar-refractivity contribution < 1.29 is 4.79 Å². The van der Waals surface area contributed by atoms with E-state index in [-0.39, 0.29) is 5.91 Å². The molecular weight excluding hydrogens is 306 g/mol. The summed E-state index contributed by atoms with van der Waals surface area (Å²) < 4.78 is 0. The molecule has 2 aromatic rings. The van der Waals surface area contributed by atoms with Crippen molar-refractivity contribution in [3.8, 4) is 0 Å². The van der Waals surface area contributed by atoms with E-state index in [4.69, 9.17) is 0 Å². The van der Waals surface area contributed by atoms with Crippen molar-refractivity contribution in [1.29, 1.82) is 0 Å². The van der Waals surface area contributed by atoms with Gasteiger partial charge in [0.2, 0.25) is 5.91 Å². The molecule has 4 nitrogen and oxygen atoms in total. The van der Waals surface area contributed by atoms with Crippen LogP contribution in [0.5, 0.6) is 0 Å². The maximum atomic E-state index is 12.4. The molecule has 0 aromatic carbocycles. The summed E-state index contributed by atoms with van der Waals surface area (Å²) in [5.41, 5.74) is 4.23. The lowest BCUT2D eigenvalue weighted by atomic mass is 9.90. The number of aryl methyl sites for hydroxylation is 2. The first-order valence-electron chi connectivity index (χ1n) is 8.28. The first-order chi connectivity index (χ1) is 11.2. The number of hydrogen-bond donors (Lipinski definition) is 0. The number of hydrogen-bond acceptors (Lipinski definition) is 4. The Labute approximate surface area is 141 Å². The fraction of sp³-hybridized carbons (Fsp3) is 0.500. The van der Waals surface area contributed by atoms with Crippen molar-refractivity contribution in [3.05, 3.63) is 46.2 Å². The molecule has 1 aliphatic heterocycles. The van der Waals surface area contributed by atoms with Gasteiger partial charge in [-0.2, -0.15) is 0 Å². The Hall–Kier alpha value is -1.75. The topological polar surface area (TPSA) is 46.1 Å². The van der Waals surface area contributed by atoms with Gasteiger partial charge in [0.25, 0.3) is 0 Å². The summed E-state index contributed by atoms with van der Waals surface area (Å²) in [7, 11) is 0. The van der Waals surface area contributed by atoms with E-state index >= 15 is 0 Å². The number of piperidine rings is 1. The Balaban J connectivity index is 1.43. The second kappa shape index (κ2) is 7.68. The zero-order valence-corrected chi connectivity index (χ0v) is 14.4. The van der Waals surface area contributed by atoms with E-state index in [0.29, 0.717) is 12.3 Å². The van der Waals surface area contributed by atoms with Gasteiger partial charge >= 0.3 is 0 Å². The van der Waals surface area contributed by atoms with E-state index in [1.165, 1.54) is 10.4 Å². The molecule has 0 radical (unpaired) electrons. The van der Waals surface area contributed by atoms with E-state index in [2.05, 4.69) is 16.0 Å². The maximum absolute atomic E-state index is 12.4. The van der Waals surface area contributed by atoms with Crippen molar-refractivity contribution >= 4 is 17.2 Å². The highest BCUT2D eigenvalue weighted by molar-refractivity contribution is 7.09. The normalized spacial score (nSPS) is 15.8. The smallest absolute Gasteiger partial charge is 0.222 e. The van der Waals surface area contributed by atoms with Crippen molar-refractivity contribution in [2.75, 3.05) is 13.1 Å². The lowest BCUT2D eigenvalue weighted by Gasteiger charge is -2.32. The molecule has 0 atom stereocenters. The van der Waals surface area contributed by atoms with Crippen LogP contribution in [0.1, 0.15) is 35.4 Å². The highest BCUT2D eigenvalue weighted by Gasteiger charge is 2.23. The SMILES string of the molecule is Cc1ncsc1CCC(=O)N1CCC(Cc2cccnc2)CC1. The predicted octanol–water partition coefficient (Wildman–Crippen LogP) is 3.26. The van der Waals surface area contributed by atoms with Gasteiger partial charge in [0.15, 0.2) is 0 Å². The average molecular weight is 329 g/mol. The molecule has 1 amide bonds. The number of pyridine rings is 1. The molecule has 3 rings (SSSR count). The Kier molecular flexibility index (Phi) is 5.39. The molecule has 1 saturated heterocycles. The Morgan fingerprint density at radius 3 is 2.87 bits per heavy atom. The Bertz CT molecular complexity index is 633. The van der Waals surface area contributed by atoms with E-state index in [9.17, 15) is 4.79 Å². The number of thiazole rings is 1. The summed E-state index contributed by atoms with van der Waals surface area (Å²) in [5, 5.41) is 0. The van der Waals surface area contributed by atoms with Crippen LogP contribution in [0.15, 0.2) is 30.0 Å². The van der Waals surface area contributed by atoms with Crippen LogP contribution in [-0.2, 0) is 17.6 Å². The lowest BCUT2D eigenvalue weighted by molar-refractivity contribution is -0.132. The van der Waals surface area contributed by atoms with Crippen molar-refractivity contribution in [1.82, 2.24) is 14.9 Å². The predicted molar refractivity (Wildman–Crippen MR) is 92.4 cm³/mol. The summed E-state index contributed by atoms with van der Waals surface area (Å²) >= 11 is 1.65. The third kappa shape index (κ3) is 4.38. The van der Waals surface area contributed by atoms with Gasteiger partial charge in [-0.3, -0.25) is 9.78 Å². The Morgan fingerprint density at radius 2 is 2.22 bits per heavy atom. The number of carbonyl (C=O) groups excluding carboxylic acids is 1. The zero-order chi connectivity index (χ0) is 16.1. The molecule has 0 spiro atoms. The monoisotopic (exact) mass is 329 g/mol. The Morgan fingerprint density at radius 1 is 1.39 bits per heavy atom. The molecule has 0 aliphatic carbocycles. The highest BCUT2D eigenvalue weighted by Crippen LogP contribution is 2.22. The van der Waals surface area contributed by atoms with Crippen LogP contribution >= 0.6 is 11.3 Å². The minimum absolute atomic E-state index is 0.289. The number of carbonyl (C=O) groups is 1. The second-order valence-electron chi connectivity index (χ2n) is 6.25. The molecular formula is C18H23N3OS. The minimum Gasteiger partial charge on any atom is -0.343 e. The number of amides is 1. The lowest BCUT2D eigenvalue weighted by Crippen LogP contribution is -2.39. The van der Waals surface area contributed by atoms with Crippen LogP contribution < -0.4 is 0 Å². The van der Waals surface area contributed by atoms with E-state index in [0.717, 1.165) is 44.5 Å². The summed E-state index contributed by atoms with van der Waals surface area (Å²) in [6.45, 7) is 3.80. The van der Waals surface area contributed by atoms with Gasteiger partial charge in [0.1, 0.15) is 0 Å². The number of aromatic nitrogens is 2. The summed E-state index contributed by atoms with van der Waals surface area (Å²) in [4.78, 5) is 24.1. The largest absolute Gasteiger partial charge is 0.343 e. The third-order valence-electron chi connectivity index (χ3n) is 4.63. The molecule has 1 fully saturated rings. The fourth-order valence-corrected chi connectivity index (χ4v) is 3.96. The van der Waals surface area contributed by atoms with Gasteiger partial charge in [-0.15, -0.1) is 11.3 Å². The van der Waals surface area contributed by atoms with Crippen LogP contribution in [0.3, 0.4) is 0 Å². The number of likely N-dealkylation sites (tertiary alicyclic amines) is 1. The summed E-state index contributed by atoms with van der Waals surface area (Å²) in [6, 6.07) is 4.14. The molecule has 122 valence electrons. The molecule has 0 N–H and O–H groups in total. The highest BCUT2D eigenvalue weighted by atomic mass is 32.1. The molecule has 2 aromatic heterocycles. The minimum atomic E-state index is 0.289. The van der Waals surface area contributed by atoms with E-state index in [1.807, 2.05) is 35.8 Å². The number of rotatable bonds is 5. The molecule has 0 unspecified atom stereocenters. The summed E-state index contributed by atoms with van der Waals surface area (Å²) in [6.07, 6.45) is 8.47. The first-order valence-corrected chi connectivity index (χ1v) is 9.16. The fourth-order valence-electron chi connectivity index (χ4n) is 3.18. The van der Waals surface area contributed by atoms with Gasteiger partial charge in [-0.1, -0.05) is 6.07 Å². The maximum Gasteiger partial charge on any atom is 0.222 e. The number of nitrogens with zero attached hydrogens (tertiary/aromatic N) is 3. The molecule has 3 heterocycles. The van der Waals surface area contributed by atoms with Crippen molar-refractivity contribution in [3.63, 3.8) is 0 Å². The van der Waals surface area contributed by atoms with E-state index < -0.39 is 0 Å². The van der Waals surface area contributed by atoms with Gasteiger partial charge in [0.05, 0.1) is 11.2 Å². The molecule has 0 saturated carbocycles. The van der Waals surface area contributed by atoms with E-state index in [1.54, 1.807) is 11.3 Å². The van der Waals surface area contributed by atoms with Gasteiger partial charge in [-0.25, -0.2) is 4.98 Å². The average Bonchev–Trinajstić information content (AvgIpc) is 2.99. The molecule has 5 heteroatoms. The van der Waals surface area contributed by atoms with Crippen LogP contribution in [0.4, 0.5) is 0 Å². The van der Waals surface area contributed by atoms with Crippen molar-refractivity contribution in [2.45, 2.75) is 39.0 Å². The molecule has 23 heavy (non-hydrogen) atoms. The van der Waals surface area contributed by atoms with Crippen molar-refractivity contribution in [2.24, 2.45) is 5.92 Å². The van der Waals surface area contributed by atoms with Crippen LogP contribution in [0, 0.1) is 12.8 Å². The molecule has 1 aliphatic rings.